The van der Waals surface area contributed by atoms with Gasteiger partial charge in [-0.1, -0.05) is 6.07 Å². The van der Waals surface area contributed by atoms with E-state index in [1.807, 2.05) is 11.3 Å². The van der Waals surface area contributed by atoms with E-state index in [0.717, 1.165) is 26.2 Å². The Labute approximate surface area is 112 Å². The molecule has 3 N–H and O–H groups in total. The van der Waals surface area contributed by atoms with Crippen LogP contribution in [0, 0.1) is 10.8 Å². The summed E-state index contributed by atoms with van der Waals surface area (Å²) in [6.07, 6.45) is 0.514. The molecule has 4 fully saturated rings. The van der Waals surface area contributed by atoms with Crippen LogP contribution in [0.4, 0.5) is 0 Å². The van der Waals surface area contributed by atoms with Crippen LogP contribution < -0.4 is 9.80 Å². The minimum absolute atomic E-state index is 0.109. The van der Waals surface area contributed by atoms with Gasteiger partial charge in [0.15, 0.2) is 0 Å². The second-order valence-corrected chi connectivity index (χ2v) is 8.16. The van der Waals surface area contributed by atoms with Crippen LogP contribution in [-0.4, -0.2) is 37.4 Å². The molecule has 4 aliphatic rings. The number of aliphatic hydroxyl groups is 1. The normalized spacial score (nSPS) is 53.9. The molecular weight excluding hydrogens is 244 g/mol. The molecule has 3 nitrogen and oxygen atoms in total. The Kier molecular flexibility index (Phi) is 2.13. The molecule has 0 radical (unpaired) electrons. The van der Waals surface area contributed by atoms with Crippen LogP contribution in [0.15, 0.2) is 17.5 Å². The molecule has 0 amide bonds. The van der Waals surface area contributed by atoms with E-state index < -0.39 is 0 Å². The predicted molar refractivity (Wildman–Crippen MR) is 70.7 cm³/mol. The van der Waals surface area contributed by atoms with E-state index in [0.29, 0.717) is 6.17 Å². The van der Waals surface area contributed by atoms with Crippen molar-refractivity contribution in [2.75, 3.05) is 26.2 Å². The number of rotatable bonds is 1. The average Bonchev–Trinajstić information content (AvgIpc) is 2.77. The summed E-state index contributed by atoms with van der Waals surface area (Å²) < 4.78 is 0. The maximum absolute atomic E-state index is 10.6. The molecule has 0 aromatic carbocycles. The number of hydrogen-bond acceptors (Lipinski definition) is 2. The molecule has 4 bridgehead atoms. The summed E-state index contributed by atoms with van der Waals surface area (Å²) >= 11 is 1.90. The molecule has 0 unspecified atom stereocenters. The first-order valence-electron chi connectivity index (χ1n) is 6.93. The van der Waals surface area contributed by atoms with Gasteiger partial charge in [0.25, 0.3) is 0 Å². The van der Waals surface area contributed by atoms with Gasteiger partial charge in [-0.05, 0) is 25.3 Å². The highest BCUT2D eigenvalue weighted by atomic mass is 32.1. The Bertz CT molecular complexity index is 434. The summed E-state index contributed by atoms with van der Waals surface area (Å²) in [5.74, 6) is 0. The van der Waals surface area contributed by atoms with Crippen LogP contribution in [0.25, 0.3) is 0 Å². The maximum atomic E-state index is 10.6. The van der Waals surface area contributed by atoms with Crippen LogP contribution in [-0.2, 0) is 0 Å². The SMILES string of the molecule is CC12C[NH+]3CC(C)(C[NH+](C1)C3c1cccs1)C2O. The quantitative estimate of drug-likeness (QED) is 0.594. The largest absolute Gasteiger partial charge is 0.391 e. The fourth-order valence-electron chi connectivity index (χ4n) is 5.11. The Morgan fingerprint density at radius 1 is 1.17 bits per heavy atom. The number of quaternary nitrogens is 2. The van der Waals surface area contributed by atoms with Gasteiger partial charge >= 0.3 is 0 Å². The van der Waals surface area contributed by atoms with E-state index in [1.54, 1.807) is 9.80 Å². The number of nitrogens with one attached hydrogen (secondary N) is 2. The highest BCUT2D eigenvalue weighted by Crippen LogP contribution is 2.40. The van der Waals surface area contributed by atoms with Crippen molar-refractivity contribution in [3.8, 4) is 0 Å². The lowest BCUT2D eigenvalue weighted by Gasteiger charge is -2.62. The zero-order chi connectivity index (χ0) is 12.5. The van der Waals surface area contributed by atoms with E-state index in [4.69, 9.17) is 0 Å². The van der Waals surface area contributed by atoms with Crippen molar-refractivity contribution in [2.45, 2.75) is 26.1 Å². The van der Waals surface area contributed by atoms with Crippen molar-refractivity contribution >= 4 is 11.3 Å². The monoisotopic (exact) mass is 266 g/mol. The molecule has 1 aromatic rings. The van der Waals surface area contributed by atoms with Crippen molar-refractivity contribution in [3.63, 3.8) is 0 Å². The summed E-state index contributed by atoms with van der Waals surface area (Å²) in [7, 11) is 0. The fourth-order valence-corrected chi connectivity index (χ4v) is 6.05. The first kappa shape index (κ1) is 11.4. The summed E-state index contributed by atoms with van der Waals surface area (Å²) in [5, 5.41) is 12.8. The van der Waals surface area contributed by atoms with E-state index >= 15 is 0 Å². The van der Waals surface area contributed by atoms with E-state index in [1.165, 1.54) is 4.88 Å². The van der Waals surface area contributed by atoms with Crippen molar-refractivity contribution in [2.24, 2.45) is 10.8 Å². The minimum atomic E-state index is -0.109. The van der Waals surface area contributed by atoms with Crippen LogP contribution in [0.1, 0.15) is 24.9 Å². The van der Waals surface area contributed by atoms with E-state index in [9.17, 15) is 5.11 Å². The third kappa shape index (κ3) is 1.29. The number of aliphatic hydroxyl groups excluding tert-OH is 1. The van der Waals surface area contributed by atoms with Crippen LogP contribution in [0.2, 0.25) is 0 Å². The lowest BCUT2D eigenvalue weighted by molar-refractivity contribution is -1.19. The number of hydrogen-bond donors (Lipinski definition) is 3. The van der Waals surface area contributed by atoms with Gasteiger partial charge in [-0.2, -0.15) is 0 Å². The lowest BCUT2D eigenvalue weighted by atomic mass is 9.61. The van der Waals surface area contributed by atoms with Crippen molar-refractivity contribution in [3.05, 3.63) is 22.4 Å². The van der Waals surface area contributed by atoms with Crippen LogP contribution >= 0.6 is 11.3 Å². The molecule has 0 spiro atoms. The highest BCUT2D eigenvalue weighted by Gasteiger charge is 2.68. The topological polar surface area (TPSA) is 29.1 Å². The zero-order valence-electron chi connectivity index (χ0n) is 11.1. The molecule has 0 atom stereocenters. The molecule has 1 aromatic heterocycles. The molecule has 0 aliphatic carbocycles. The predicted octanol–water partition coefficient (Wildman–Crippen LogP) is -1.07. The van der Waals surface area contributed by atoms with Gasteiger partial charge in [0, 0.05) is 0 Å². The summed E-state index contributed by atoms with van der Waals surface area (Å²) in [4.78, 5) is 4.92. The van der Waals surface area contributed by atoms with Crippen molar-refractivity contribution < 1.29 is 14.9 Å². The Morgan fingerprint density at radius 3 is 2.17 bits per heavy atom. The van der Waals surface area contributed by atoms with Gasteiger partial charge < -0.3 is 5.11 Å². The zero-order valence-corrected chi connectivity index (χ0v) is 11.9. The molecule has 4 heteroatoms. The Hall–Kier alpha value is -0.420. The van der Waals surface area contributed by atoms with Crippen LogP contribution in [0.3, 0.4) is 0 Å². The number of piperidine rings is 2. The van der Waals surface area contributed by atoms with Gasteiger partial charge in [0.2, 0.25) is 6.17 Å². The van der Waals surface area contributed by atoms with Crippen LogP contribution in [0.5, 0.6) is 0 Å². The molecule has 0 saturated carbocycles. The maximum Gasteiger partial charge on any atom is 0.249 e. The minimum Gasteiger partial charge on any atom is -0.391 e. The third-order valence-corrected chi connectivity index (χ3v) is 6.43. The van der Waals surface area contributed by atoms with Crippen molar-refractivity contribution in [1.29, 1.82) is 0 Å². The Balaban J connectivity index is 1.75. The average molecular weight is 266 g/mol. The molecule has 4 saturated heterocycles. The molecule has 18 heavy (non-hydrogen) atoms. The summed E-state index contributed by atoms with van der Waals surface area (Å²) in [6.45, 7) is 9.12. The molecular formula is C14H22N2OS+2. The molecule has 5 heterocycles. The van der Waals surface area contributed by atoms with Gasteiger partial charge in [0.1, 0.15) is 4.88 Å². The first-order valence-corrected chi connectivity index (χ1v) is 7.80. The molecule has 98 valence electrons. The van der Waals surface area contributed by atoms with E-state index in [-0.39, 0.29) is 16.9 Å². The summed E-state index contributed by atoms with van der Waals surface area (Å²) in [6, 6.07) is 4.46. The third-order valence-electron chi connectivity index (χ3n) is 5.49. The molecule has 5 rings (SSSR count). The van der Waals surface area contributed by atoms with Gasteiger partial charge in [-0.25, -0.2) is 0 Å². The van der Waals surface area contributed by atoms with Crippen molar-refractivity contribution in [1.82, 2.24) is 0 Å². The summed E-state index contributed by atoms with van der Waals surface area (Å²) in [5.41, 5.74) is 0.257. The molecule has 4 aliphatic heterocycles. The second-order valence-electron chi connectivity index (χ2n) is 7.18. The highest BCUT2D eigenvalue weighted by molar-refractivity contribution is 7.09. The van der Waals surface area contributed by atoms with E-state index in [2.05, 4.69) is 31.4 Å². The second kappa shape index (κ2) is 3.37. The fraction of sp³-hybridized carbons (Fsp3) is 0.714. The first-order chi connectivity index (χ1) is 8.52. The lowest BCUT2D eigenvalue weighted by Crippen LogP contribution is -3.41. The Morgan fingerprint density at radius 2 is 1.72 bits per heavy atom. The van der Waals surface area contributed by atoms with Gasteiger partial charge in [-0.3, -0.25) is 9.80 Å². The van der Waals surface area contributed by atoms with Gasteiger partial charge in [-0.15, -0.1) is 11.3 Å². The number of thiophene rings is 1. The van der Waals surface area contributed by atoms with Gasteiger partial charge in [0.05, 0.1) is 43.1 Å². The standard InChI is InChI=1S/C14H20N2OS/c1-13-6-15-8-14(2,12(13)17)9-16(7-13)11(15)10-4-3-5-18-10/h3-5,11-12,17H,6-9H2,1-2H3/p+2. The smallest absolute Gasteiger partial charge is 0.249 e.